The van der Waals surface area contributed by atoms with Crippen LogP contribution in [0.4, 0.5) is 0 Å². The predicted molar refractivity (Wildman–Crippen MR) is 96.1 cm³/mol. The third kappa shape index (κ3) is 7.11. The van der Waals surface area contributed by atoms with Gasteiger partial charge >= 0.3 is 0 Å². The zero-order chi connectivity index (χ0) is 15.6. The Balaban J connectivity index is 2.88. The molecule has 1 aliphatic heterocycles. The minimum atomic E-state index is 0.234. The lowest BCUT2D eigenvalue weighted by Gasteiger charge is -2.26. The first-order chi connectivity index (χ1) is 10.1. The molecule has 3 unspecified atom stereocenters. The number of aliphatic imine (C=N–C) groups is 1. The third-order valence-electron chi connectivity index (χ3n) is 4.59. The second-order valence-electron chi connectivity index (χ2n) is 6.98. The van der Waals surface area contributed by atoms with Gasteiger partial charge in [-0.05, 0) is 44.4 Å². The maximum Gasteiger partial charge on any atom is 0.0555 e. The average Bonchev–Trinajstić information content (AvgIpc) is 2.44. The van der Waals surface area contributed by atoms with Crippen molar-refractivity contribution < 1.29 is 0 Å². The highest BCUT2D eigenvalue weighted by Gasteiger charge is 2.21. The molecule has 0 aromatic heterocycles. The summed E-state index contributed by atoms with van der Waals surface area (Å²) in [4.78, 5) is 5.04. The van der Waals surface area contributed by atoms with Gasteiger partial charge in [-0.25, -0.2) is 0 Å². The Morgan fingerprint density at radius 2 is 1.81 bits per heavy atom. The Morgan fingerprint density at radius 1 is 1.10 bits per heavy atom. The van der Waals surface area contributed by atoms with E-state index in [2.05, 4.69) is 58.2 Å². The van der Waals surface area contributed by atoms with Gasteiger partial charge < -0.3 is 0 Å². The molecule has 21 heavy (non-hydrogen) atoms. The number of nitrogens with zero attached hydrogens (tertiary/aromatic N) is 1. The van der Waals surface area contributed by atoms with Crippen LogP contribution in [0.5, 0.6) is 0 Å². The number of hydrogen-bond donors (Lipinski definition) is 0. The molecule has 0 N–H and O–H groups in total. The van der Waals surface area contributed by atoms with Gasteiger partial charge in [-0.3, -0.25) is 4.99 Å². The molecule has 0 aromatic rings. The minimum absolute atomic E-state index is 0.234. The summed E-state index contributed by atoms with van der Waals surface area (Å²) in [6.07, 6.45) is 21.2. The van der Waals surface area contributed by atoms with Gasteiger partial charge in [0.05, 0.1) is 6.04 Å². The van der Waals surface area contributed by atoms with E-state index in [1.807, 2.05) is 0 Å². The van der Waals surface area contributed by atoms with Crippen LogP contribution in [0.1, 0.15) is 79.1 Å². The molecule has 1 nitrogen and oxygen atoms in total. The molecule has 0 amide bonds. The zero-order valence-electron chi connectivity index (χ0n) is 14.6. The average molecular weight is 290 g/mol. The Hall–Kier alpha value is -0.850. The van der Waals surface area contributed by atoms with Crippen LogP contribution in [-0.4, -0.2) is 12.3 Å². The van der Waals surface area contributed by atoms with E-state index in [1.54, 1.807) is 0 Å². The van der Waals surface area contributed by atoms with Crippen molar-refractivity contribution in [2.45, 2.75) is 85.1 Å². The molecule has 1 heteroatoms. The largest absolute Gasteiger partial charge is 0.293 e. The van der Waals surface area contributed by atoms with Gasteiger partial charge in [0.25, 0.3) is 0 Å². The predicted octanol–water partition coefficient (Wildman–Crippen LogP) is 6.35. The Kier molecular flexibility index (Phi) is 8.64. The van der Waals surface area contributed by atoms with E-state index in [0.717, 1.165) is 12.8 Å². The minimum Gasteiger partial charge on any atom is -0.293 e. The Morgan fingerprint density at radius 3 is 2.48 bits per heavy atom. The summed E-state index contributed by atoms with van der Waals surface area (Å²) in [5.41, 5.74) is 0.234. The third-order valence-corrected chi connectivity index (χ3v) is 4.59. The highest BCUT2D eigenvalue weighted by molar-refractivity contribution is 5.65. The molecule has 0 radical (unpaired) electrons. The van der Waals surface area contributed by atoms with Gasteiger partial charge in [0.2, 0.25) is 0 Å². The van der Waals surface area contributed by atoms with E-state index >= 15 is 0 Å². The van der Waals surface area contributed by atoms with Crippen molar-refractivity contribution in [2.24, 2.45) is 16.3 Å². The van der Waals surface area contributed by atoms with Crippen LogP contribution in [-0.2, 0) is 0 Å². The zero-order valence-corrected chi connectivity index (χ0v) is 14.6. The first-order valence-electron chi connectivity index (χ1n) is 8.95. The molecular weight excluding hydrogens is 254 g/mol. The number of allylic oxidation sites excluding steroid dienone is 3. The number of hydrogen-bond acceptors (Lipinski definition) is 1. The van der Waals surface area contributed by atoms with Gasteiger partial charge in [0, 0.05) is 11.6 Å². The van der Waals surface area contributed by atoms with E-state index in [4.69, 9.17) is 4.99 Å². The Labute approximate surface area is 132 Å². The lowest BCUT2D eigenvalue weighted by molar-refractivity contribution is 0.407. The van der Waals surface area contributed by atoms with Crippen molar-refractivity contribution in [1.29, 1.82) is 0 Å². The highest BCUT2D eigenvalue weighted by Crippen LogP contribution is 2.28. The maximum absolute atomic E-state index is 5.04. The molecule has 1 aliphatic rings. The van der Waals surface area contributed by atoms with Crippen LogP contribution in [0.2, 0.25) is 0 Å². The monoisotopic (exact) mass is 289 g/mol. The van der Waals surface area contributed by atoms with Crippen LogP contribution < -0.4 is 0 Å². The van der Waals surface area contributed by atoms with Gasteiger partial charge in [-0.2, -0.15) is 0 Å². The lowest BCUT2D eigenvalue weighted by atomic mass is 9.83. The Bertz CT molecular complexity index is 353. The van der Waals surface area contributed by atoms with Crippen LogP contribution in [0.25, 0.3) is 0 Å². The molecule has 0 aromatic carbocycles. The SMILES string of the molecule is CCCC(C)C1CC=CCCC=CCC(C)(CCC)C=N1. The van der Waals surface area contributed by atoms with E-state index in [-0.39, 0.29) is 5.41 Å². The fraction of sp³-hybridized carbons (Fsp3) is 0.750. The van der Waals surface area contributed by atoms with E-state index in [1.165, 1.54) is 38.5 Å². The molecular formula is C20H35N. The van der Waals surface area contributed by atoms with E-state index < -0.39 is 0 Å². The summed E-state index contributed by atoms with van der Waals surface area (Å²) in [6.45, 7) is 9.28. The summed E-state index contributed by atoms with van der Waals surface area (Å²) in [7, 11) is 0. The van der Waals surface area contributed by atoms with Crippen molar-refractivity contribution in [3.63, 3.8) is 0 Å². The fourth-order valence-electron chi connectivity index (χ4n) is 3.17. The van der Waals surface area contributed by atoms with Crippen molar-refractivity contribution in [3.8, 4) is 0 Å². The molecule has 0 aliphatic carbocycles. The van der Waals surface area contributed by atoms with Crippen LogP contribution in [0.15, 0.2) is 29.3 Å². The van der Waals surface area contributed by atoms with Gasteiger partial charge in [0.1, 0.15) is 0 Å². The summed E-state index contributed by atoms with van der Waals surface area (Å²) >= 11 is 0. The topological polar surface area (TPSA) is 12.4 Å². The fourth-order valence-corrected chi connectivity index (χ4v) is 3.17. The second kappa shape index (κ2) is 9.97. The lowest BCUT2D eigenvalue weighted by Crippen LogP contribution is -2.21. The summed E-state index contributed by atoms with van der Waals surface area (Å²) in [5, 5.41) is 0. The van der Waals surface area contributed by atoms with Gasteiger partial charge in [0.15, 0.2) is 0 Å². The van der Waals surface area contributed by atoms with Crippen molar-refractivity contribution >= 4 is 6.21 Å². The molecule has 3 atom stereocenters. The molecule has 0 bridgehead atoms. The summed E-state index contributed by atoms with van der Waals surface area (Å²) in [6, 6.07) is 0.459. The van der Waals surface area contributed by atoms with Crippen molar-refractivity contribution in [3.05, 3.63) is 24.3 Å². The van der Waals surface area contributed by atoms with Crippen LogP contribution in [0.3, 0.4) is 0 Å². The molecule has 0 saturated carbocycles. The van der Waals surface area contributed by atoms with Crippen LogP contribution >= 0.6 is 0 Å². The molecule has 0 saturated heterocycles. The van der Waals surface area contributed by atoms with Crippen LogP contribution in [0, 0.1) is 11.3 Å². The molecule has 0 spiro atoms. The first-order valence-corrected chi connectivity index (χ1v) is 8.95. The summed E-state index contributed by atoms with van der Waals surface area (Å²) in [5.74, 6) is 0.681. The summed E-state index contributed by atoms with van der Waals surface area (Å²) < 4.78 is 0. The molecule has 1 rings (SSSR count). The normalized spacial score (nSPS) is 28.9. The number of rotatable bonds is 5. The van der Waals surface area contributed by atoms with Gasteiger partial charge in [-0.1, -0.05) is 64.8 Å². The highest BCUT2D eigenvalue weighted by atomic mass is 14.8. The second-order valence-corrected chi connectivity index (χ2v) is 6.98. The van der Waals surface area contributed by atoms with E-state index in [9.17, 15) is 0 Å². The molecule has 1 heterocycles. The molecule has 120 valence electrons. The van der Waals surface area contributed by atoms with Crippen molar-refractivity contribution in [2.75, 3.05) is 0 Å². The quantitative estimate of drug-likeness (QED) is 0.522. The van der Waals surface area contributed by atoms with Crippen molar-refractivity contribution in [1.82, 2.24) is 0 Å². The standard InChI is InChI=1S/C20H35N/c1-5-13-18(3)19-14-11-9-7-8-10-12-16-20(4,15-6-2)17-21-19/h9-12,17-19H,5-8,13-16H2,1-4H3. The van der Waals surface area contributed by atoms with E-state index in [0.29, 0.717) is 12.0 Å². The maximum atomic E-state index is 5.04. The first kappa shape index (κ1) is 18.2. The molecule has 0 fully saturated rings. The van der Waals surface area contributed by atoms with Gasteiger partial charge in [-0.15, -0.1) is 0 Å². The smallest absolute Gasteiger partial charge is 0.0555 e.